The average molecular weight is 314 g/mol. The smallest absolute Gasteiger partial charge is 0.333 e. The first-order valence-electron chi connectivity index (χ1n) is 7.24. The van der Waals surface area contributed by atoms with Gasteiger partial charge in [0.1, 0.15) is 5.75 Å². The number of aromatic nitrogens is 2. The highest BCUT2D eigenvalue weighted by Gasteiger charge is 2.29. The van der Waals surface area contributed by atoms with E-state index in [-0.39, 0.29) is 11.5 Å². The van der Waals surface area contributed by atoms with Crippen LogP contribution in [0.1, 0.15) is 24.0 Å². The summed E-state index contributed by atoms with van der Waals surface area (Å²) in [5.74, 6) is 1.44. The van der Waals surface area contributed by atoms with Crippen molar-refractivity contribution >= 4 is 0 Å². The van der Waals surface area contributed by atoms with Crippen molar-refractivity contribution in [3.8, 4) is 11.6 Å². The van der Waals surface area contributed by atoms with E-state index in [1.165, 1.54) is 11.6 Å². The van der Waals surface area contributed by atoms with Crippen molar-refractivity contribution in [3.63, 3.8) is 0 Å². The average Bonchev–Trinajstić information content (AvgIpc) is 2.57. The standard InChI is InChI=1S/C17H18N2O4/c1-10-9-13(11-5-7-12(22-4)8-6-11)14-15(20)18(2)17(21)19(3)16(14)23-10/h5-9,13H,1-4H3. The molecule has 0 amide bonds. The molecule has 0 N–H and O–H groups in total. The van der Waals surface area contributed by atoms with E-state index in [0.717, 1.165) is 15.9 Å². The Morgan fingerprint density at radius 3 is 2.35 bits per heavy atom. The highest BCUT2D eigenvalue weighted by Crippen LogP contribution is 2.35. The lowest BCUT2D eigenvalue weighted by Gasteiger charge is -2.25. The van der Waals surface area contributed by atoms with E-state index in [0.29, 0.717) is 17.2 Å². The molecule has 1 unspecified atom stereocenters. The van der Waals surface area contributed by atoms with Crippen LogP contribution in [0.5, 0.6) is 11.6 Å². The topological polar surface area (TPSA) is 62.5 Å². The zero-order chi connectivity index (χ0) is 16.7. The fourth-order valence-corrected chi connectivity index (χ4v) is 2.82. The van der Waals surface area contributed by atoms with Gasteiger partial charge in [-0.25, -0.2) is 4.79 Å². The van der Waals surface area contributed by atoms with Crippen molar-refractivity contribution in [2.45, 2.75) is 12.8 Å². The third-order valence-electron chi connectivity index (χ3n) is 4.09. The van der Waals surface area contributed by atoms with Crippen molar-refractivity contribution in [1.29, 1.82) is 0 Å². The first-order valence-corrected chi connectivity index (χ1v) is 7.24. The van der Waals surface area contributed by atoms with Crippen molar-refractivity contribution in [1.82, 2.24) is 9.13 Å². The lowest BCUT2D eigenvalue weighted by atomic mass is 9.90. The van der Waals surface area contributed by atoms with Gasteiger partial charge >= 0.3 is 5.69 Å². The summed E-state index contributed by atoms with van der Waals surface area (Å²) in [7, 11) is 4.68. The van der Waals surface area contributed by atoms with E-state index >= 15 is 0 Å². The molecule has 0 saturated carbocycles. The van der Waals surface area contributed by atoms with E-state index in [4.69, 9.17) is 9.47 Å². The molecule has 6 heteroatoms. The number of rotatable bonds is 2. The van der Waals surface area contributed by atoms with Crippen LogP contribution < -0.4 is 20.7 Å². The summed E-state index contributed by atoms with van der Waals surface area (Å²) in [5.41, 5.74) is 0.653. The predicted octanol–water partition coefficient (Wildman–Crippen LogP) is 1.52. The van der Waals surface area contributed by atoms with Crippen molar-refractivity contribution in [2.75, 3.05) is 7.11 Å². The number of methoxy groups -OCH3 is 1. The van der Waals surface area contributed by atoms with Crippen LogP contribution in [-0.4, -0.2) is 16.2 Å². The van der Waals surface area contributed by atoms with Gasteiger partial charge in [0.25, 0.3) is 5.56 Å². The zero-order valence-electron chi connectivity index (χ0n) is 13.5. The quantitative estimate of drug-likeness (QED) is 0.843. The fraction of sp³-hybridized carbons (Fsp3) is 0.294. The third-order valence-corrected chi connectivity index (χ3v) is 4.09. The van der Waals surface area contributed by atoms with Crippen LogP contribution in [0.4, 0.5) is 0 Å². The van der Waals surface area contributed by atoms with Crippen LogP contribution in [0.15, 0.2) is 45.7 Å². The van der Waals surface area contributed by atoms with Crippen LogP contribution in [0.2, 0.25) is 0 Å². The molecule has 1 aliphatic rings. The maximum atomic E-state index is 12.6. The van der Waals surface area contributed by atoms with Gasteiger partial charge in [-0.15, -0.1) is 0 Å². The molecule has 0 aliphatic carbocycles. The first kappa shape index (κ1) is 15.1. The Morgan fingerprint density at radius 1 is 1.09 bits per heavy atom. The largest absolute Gasteiger partial charge is 0.497 e. The highest BCUT2D eigenvalue weighted by molar-refractivity contribution is 5.45. The van der Waals surface area contributed by atoms with Crippen LogP contribution in [0.25, 0.3) is 0 Å². The summed E-state index contributed by atoms with van der Waals surface area (Å²) >= 11 is 0. The van der Waals surface area contributed by atoms with Gasteiger partial charge < -0.3 is 9.47 Å². The van der Waals surface area contributed by atoms with Crippen LogP contribution in [0, 0.1) is 0 Å². The third kappa shape index (κ3) is 2.36. The van der Waals surface area contributed by atoms with E-state index < -0.39 is 5.69 Å². The Hall–Kier alpha value is -2.76. The Morgan fingerprint density at radius 2 is 1.74 bits per heavy atom. The van der Waals surface area contributed by atoms with Crippen molar-refractivity contribution in [2.24, 2.45) is 14.1 Å². The van der Waals surface area contributed by atoms with Gasteiger partial charge in [-0.05, 0) is 30.7 Å². The molecule has 2 aromatic rings. The highest BCUT2D eigenvalue weighted by atomic mass is 16.5. The molecule has 2 heterocycles. The molecule has 0 radical (unpaired) electrons. The molecule has 1 aliphatic heterocycles. The van der Waals surface area contributed by atoms with Crippen molar-refractivity contribution in [3.05, 3.63) is 68.1 Å². The number of nitrogens with zero attached hydrogens (tertiary/aromatic N) is 2. The molecule has 1 aromatic heterocycles. The number of fused-ring (bicyclic) bond motifs is 1. The second-order valence-corrected chi connectivity index (χ2v) is 5.55. The SMILES string of the molecule is COc1ccc(C2C=C(C)Oc3c2c(=O)n(C)c(=O)n3C)cc1. The summed E-state index contributed by atoms with van der Waals surface area (Å²) in [5, 5.41) is 0. The summed E-state index contributed by atoms with van der Waals surface area (Å²) < 4.78 is 13.3. The monoisotopic (exact) mass is 314 g/mol. The summed E-state index contributed by atoms with van der Waals surface area (Å²) in [4.78, 5) is 24.7. The van der Waals surface area contributed by atoms with Gasteiger partial charge in [0.15, 0.2) is 0 Å². The molecule has 0 spiro atoms. The Labute approximate surface area is 133 Å². The second kappa shape index (κ2) is 5.46. The van der Waals surface area contributed by atoms with Crippen LogP contribution in [0.3, 0.4) is 0 Å². The first-order chi connectivity index (χ1) is 10.9. The predicted molar refractivity (Wildman–Crippen MR) is 86.1 cm³/mol. The van der Waals surface area contributed by atoms with Gasteiger partial charge in [-0.1, -0.05) is 12.1 Å². The lowest BCUT2D eigenvalue weighted by Crippen LogP contribution is -2.41. The number of allylic oxidation sites excluding steroid dienone is 2. The molecular formula is C17H18N2O4. The van der Waals surface area contributed by atoms with Gasteiger partial charge in [0, 0.05) is 20.0 Å². The molecule has 23 heavy (non-hydrogen) atoms. The minimum absolute atomic E-state index is 0.268. The van der Waals surface area contributed by atoms with Gasteiger partial charge in [0.2, 0.25) is 5.88 Å². The maximum Gasteiger partial charge on any atom is 0.333 e. The Balaban J connectivity index is 2.26. The number of benzene rings is 1. The van der Waals surface area contributed by atoms with Crippen molar-refractivity contribution < 1.29 is 9.47 Å². The van der Waals surface area contributed by atoms with E-state index in [9.17, 15) is 9.59 Å². The Bertz CT molecular complexity index is 904. The molecule has 1 atom stereocenters. The van der Waals surface area contributed by atoms with E-state index in [2.05, 4.69) is 0 Å². The molecule has 0 saturated heterocycles. The summed E-state index contributed by atoms with van der Waals surface area (Å²) in [6.45, 7) is 1.81. The number of hydrogen-bond donors (Lipinski definition) is 0. The molecule has 0 bridgehead atoms. The van der Waals surface area contributed by atoms with Gasteiger partial charge in [-0.3, -0.25) is 13.9 Å². The second-order valence-electron chi connectivity index (χ2n) is 5.55. The lowest BCUT2D eigenvalue weighted by molar-refractivity contribution is 0.359. The molecule has 120 valence electrons. The summed E-state index contributed by atoms with van der Waals surface area (Å²) in [6, 6.07) is 7.51. The number of hydrogen-bond acceptors (Lipinski definition) is 4. The van der Waals surface area contributed by atoms with Crippen LogP contribution >= 0.6 is 0 Å². The minimum Gasteiger partial charge on any atom is -0.497 e. The number of ether oxygens (including phenoxy) is 2. The van der Waals surface area contributed by atoms with E-state index in [1.807, 2.05) is 30.3 Å². The zero-order valence-corrected chi connectivity index (χ0v) is 13.5. The summed E-state index contributed by atoms with van der Waals surface area (Å²) in [6.07, 6.45) is 1.88. The maximum absolute atomic E-state index is 12.6. The normalized spacial score (nSPS) is 16.3. The molecule has 3 rings (SSSR count). The van der Waals surface area contributed by atoms with Crippen LogP contribution in [-0.2, 0) is 14.1 Å². The fourth-order valence-electron chi connectivity index (χ4n) is 2.82. The molecule has 1 aromatic carbocycles. The Kier molecular flexibility index (Phi) is 3.60. The molecule has 6 nitrogen and oxygen atoms in total. The van der Waals surface area contributed by atoms with E-state index in [1.54, 1.807) is 21.1 Å². The molecular weight excluding hydrogens is 296 g/mol. The van der Waals surface area contributed by atoms with Gasteiger partial charge in [0.05, 0.1) is 18.4 Å². The van der Waals surface area contributed by atoms with Gasteiger partial charge in [-0.2, -0.15) is 0 Å². The molecule has 0 fully saturated rings. The minimum atomic E-state index is -0.406.